The summed E-state index contributed by atoms with van der Waals surface area (Å²) in [5, 5.41) is 13.1. The molecule has 1 aromatic heterocycles. The van der Waals surface area contributed by atoms with Crippen molar-refractivity contribution in [3.63, 3.8) is 0 Å². The Kier molecular flexibility index (Phi) is 5.08. The average molecular weight is 283 g/mol. The second-order valence-corrected chi connectivity index (χ2v) is 5.17. The number of hydrogen-bond donors (Lipinski definition) is 1. The number of hydrogen-bond acceptors (Lipinski definition) is 6. The molecule has 7 heteroatoms. The molecule has 0 spiro atoms. The van der Waals surface area contributed by atoms with Gasteiger partial charge < -0.3 is 14.4 Å². The molecule has 1 N–H and O–H groups in total. The SMILES string of the molecule is CCCCc1noc(CN(C)C2COCC2C(=O)O)n1. The molecule has 0 aromatic carbocycles. The van der Waals surface area contributed by atoms with E-state index in [0.717, 1.165) is 19.3 Å². The Morgan fingerprint density at radius 3 is 3.00 bits per heavy atom. The van der Waals surface area contributed by atoms with Crippen molar-refractivity contribution in [2.45, 2.75) is 38.8 Å². The smallest absolute Gasteiger partial charge is 0.310 e. The van der Waals surface area contributed by atoms with Crippen molar-refractivity contribution >= 4 is 5.97 Å². The number of rotatable bonds is 7. The third kappa shape index (κ3) is 3.55. The molecule has 2 rings (SSSR count). The van der Waals surface area contributed by atoms with Gasteiger partial charge in [0.25, 0.3) is 0 Å². The molecule has 1 saturated heterocycles. The fourth-order valence-corrected chi connectivity index (χ4v) is 2.33. The Balaban J connectivity index is 1.92. The van der Waals surface area contributed by atoms with E-state index in [1.54, 1.807) is 0 Å². The number of nitrogens with zero attached hydrogens (tertiary/aromatic N) is 3. The van der Waals surface area contributed by atoms with Crippen LogP contribution in [-0.4, -0.2) is 52.4 Å². The highest BCUT2D eigenvalue weighted by Crippen LogP contribution is 2.20. The van der Waals surface area contributed by atoms with Crippen LogP contribution in [0.4, 0.5) is 0 Å². The standard InChI is InChI=1S/C13H21N3O4/c1-3-4-5-11-14-12(20-15-11)6-16(2)10-8-19-7-9(10)13(17)18/h9-10H,3-8H2,1-2H3,(H,17,18). The van der Waals surface area contributed by atoms with Gasteiger partial charge in [-0.25, -0.2) is 0 Å². The van der Waals surface area contributed by atoms with Gasteiger partial charge >= 0.3 is 5.97 Å². The number of carboxylic acid groups (broad SMARTS) is 1. The van der Waals surface area contributed by atoms with Crippen LogP contribution in [0.2, 0.25) is 0 Å². The van der Waals surface area contributed by atoms with E-state index >= 15 is 0 Å². The van der Waals surface area contributed by atoms with Crippen molar-refractivity contribution in [1.29, 1.82) is 0 Å². The quantitative estimate of drug-likeness (QED) is 0.796. The zero-order valence-electron chi connectivity index (χ0n) is 11.9. The normalized spacial score (nSPS) is 22.6. The van der Waals surface area contributed by atoms with Gasteiger partial charge in [-0.05, 0) is 13.5 Å². The molecule has 20 heavy (non-hydrogen) atoms. The molecule has 0 saturated carbocycles. The Morgan fingerprint density at radius 1 is 1.50 bits per heavy atom. The lowest BCUT2D eigenvalue weighted by Crippen LogP contribution is -2.40. The van der Waals surface area contributed by atoms with Crippen LogP contribution in [0.5, 0.6) is 0 Å². The summed E-state index contributed by atoms with van der Waals surface area (Å²) in [5.74, 6) is -0.0849. The van der Waals surface area contributed by atoms with Crippen LogP contribution in [0.3, 0.4) is 0 Å². The van der Waals surface area contributed by atoms with E-state index in [0.29, 0.717) is 24.9 Å². The lowest BCUT2D eigenvalue weighted by Gasteiger charge is -2.24. The number of ether oxygens (including phenoxy) is 1. The first-order chi connectivity index (χ1) is 9.61. The van der Waals surface area contributed by atoms with Gasteiger partial charge in [0, 0.05) is 12.5 Å². The molecular weight excluding hydrogens is 262 g/mol. The molecule has 0 bridgehead atoms. The van der Waals surface area contributed by atoms with E-state index < -0.39 is 11.9 Å². The van der Waals surface area contributed by atoms with E-state index in [2.05, 4.69) is 17.1 Å². The lowest BCUT2D eigenvalue weighted by atomic mass is 10.0. The number of aromatic nitrogens is 2. The van der Waals surface area contributed by atoms with Gasteiger partial charge in [0.1, 0.15) is 0 Å². The van der Waals surface area contributed by atoms with E-state index in [4.69, 9.17) is 14.4 Å². The highest BCUT2D eigenvalue weighted by Gasteiger charge is 2.37. The van der Waals surface area contributed by atoms with Crippen LogP contribution in [0.15, 0.2) is 4.52 Å². The van der Waals surface area contributed by atoms with Crippen LogP contribution in [-0.2, 0) is 22.5 Å². The fourth-order valence-electron chi connectivity index (χ4n) is 2.33. The molecule has 1 aliphatic heterocycles. The van der Waals surface area contributed by atoms with Crippen molar-refractivity contribution in [1.82, 2.24) is 15.0 Å². The second-order valence-electron chi connectivity index (χ2n) is 5.17. The van der Waals surface area contributed by atoms with Crippen molar-refractivity contribution < 1.29 is 19.2 Å². The van der Waals surface area contributed by atoms with Crippen molar-refractivity contribution in [2.24, 2.45) is 5.92 Å². The zero-order chi connectivity index (χ0) is 14.5. The summed E-state index contributed by atoms with van der Waals surface area (Å²) in [4.78, 5) is 17.4. The van der Waals surface area contributed by atoms with Crippen LogP contribution < -0.4 is 0 Å². The van der Waals surface area contributed by atoms with Gasteiger partial charge in [-0.2, -0.15) is 4.98 Å². The number of unbranched alkanes of at least 4 members (excludes halogenated alkanes) is 1. The van der Waals surface area contributed by atoms with Crippen molar-refractivity contribution in [3.05, 3.63) is 11.7 Å². The van der Waals surface area contributed by atoms with Gasteiger partial charge in [0.15, 0.2) is 5.82 Å². The summed E-state index contributed by atoms with van der Waals surface area (Å²) in [6.07, 6.45) is 2.93. The average Bonchev–Trinajstić information content (AvgIpc) is 3.04. The summed E-state index contributed by atoms with van der Waals surface area (Å²) < 4.78 is 10.5. The summed E-state index contributed by atoms with van der Waals surface area (Å²) in [7, 11) is 1.85. The molecule has 0 amide bonds. The number of aliphatic carboxylic acids is 1. The van der Waals surface area contributed by atoms with E-state index in [-0.39, 0.29) is 12.6 Å². The van der Waals surface area contributed by atoms with Gasteiger partial charge in [-0.1, -0.05) is 18.5 Å². The third-order valence-electron chi connectivity index (χ3n) is 3.58. The molecule has 1 fully saturated rings. The third-order valence-corrected chi connectivity index (χ3v) is 3.58. The molecule has 1 aromatic rings. The first kappa shape index (κ1) is 14.9. The largest absolute Gasteiger partial charge is 0.481 e. The summed E-state index contributed by atoms with van der Waals surface area (Å²) in [6, 6.07) is -0.154. The minimum atomic E-state index is -0.825. The Bertz CT molecular complexity index is 449. The fraction of sp³-hybridized carbons (Fsp3) is 0.769. The molecule has 0 aliphatic carbocycles. The number of carbonyl (C=O) groups is 1. The van der Waals surface area contributed by atoms with Crippen LogP contribution >= 0.6 is 0 Å². The predicted octanol–water partition coefficient (Wildman–Crippen LogP) is 0.944. The van der Waals surface area contributed by atoms with Crippen LogP contribution in [0.1, 0.15) is 31.5 Å². The molecule has 0 radical (unpaired) electrons. The van der Waals surface area contributed by atoms with E-state index in [9.17, 15) is 4.79 Å². The van der Waals surface area contributed by atoms with Crippen molar-refractivity contribution in [2.75, 3.05) is 20.3 Å². The van der Waals surface area contributed by atoms with E-state index in [1.165, 1.54) is 0 Å². The molecule has 2 atom stereocenters. The maximum absolute atomic E-state index is 11.1. The van der Waals surface area contributed by atoms with Gasteiger partial charge in [0.2, 0.25) is 5.89 Å². The first-order valence-electron chi connectivity index (χ1n) is 6.94. The molecular formula is C13H21N3O4. The highest BCUT2D eigenvalue weighted by atomic mass is 16.5. The second kappa shape index (κ2) is 6.81. The number of aryl methyl sites for hydroxylation is 1. The minimum absolute atomic E-state index is 0.154. The Hall–Kier alpha value is -1.47. The molecule has 1 aliphatic rings. The Labute approximate surface area is 117 Å². The summed E-state index contributed by atoms with van der Waals surface area (Å²) >= 11 is 0. The molecule has 2 unspecified atom stereocenters. The molecule has 112 valence electrons. The van der Waals surface area contributed by atoms with Gasteiger partial charge in [-0.15, -0.1) is 0 Å². The van der Waals surface area contributed by atoms with Crippen LogP contribution in [0, 0.1) is 5.92 Å². The monoisotopic (exact) mass is 283 g/mol. The maximum atomic E-state index is 11.1. The van der Waals surface area contributed by atoms with Crippen molar-refractivity contribution in [3.8, 4) is 0 Å². The summed E-state index contributed by atoms with van der Waals surface area (Å²) in [6.45, 7) is 3.23. The lowest BCUT2D eigenvalue weighted by molar-refractivity contribution is -0.143. The molecule has 7 nitrogen and oxygen atoms in total. The molecule has 2 heterocycles. The minimum Gasteiger partial charge on any atom is -0.481 e. The van der Waals surface area contributed by atoms with Gasteiger partial charge in [0.05, 0.1) is 25.7 Å². The van der Waals surface area contributed by atoms with Crippen LogP contribution in [0.25, 0.3) is 0 Å². The summed E-state index contributed by atoms with van der Waals surface area (Å²) in [5.41, 5.74) is 0. The van der Waals surface area contributed by atoms with E-state index in [1.807, 2.05) is 11.9 Å². The topological polar surface area (TPSA) is 88.7 Å². The first-order valence-corrected chi connectivity index (χ1v) is 6.94. The maximum Gasteiger partial charge on any atom is 0.310 e. The number of carboxylic acids is 1. The predicted molar refractivity (Wildman–Crippen MR) is 70.1 cm³/mol. The highest BCUT2D eigenvalue weighted by molar-refractivity contribution is 5.71. The zero-order valence-corrected chi connectivity index (χ0v) is 11.9. The Morgan fingerprint density at radius 2 is 2.30 bits per heavy atom. The number of likely N-dealkylation sites (N-methyl/N-ethyl adjacent to an activating group) is 1. The van der Waals surface area contributed by atoms with Gasteiger partial charge in [-0.3, -0.25) is 9.69 Å².